The van der Waals surface area contributed by atoms with E-state index in [1.165, 1.54) is 0 Å². The normalized spacial score (nSPS) is 22.4. The highest BCUT2D eigenvalue weighted by molar-refractivity contribution is 6.43. The van der Waals surface area contributed by atoms with Crippen molar-refractivity contribution in [3.05, 3.63) is 27.3 Å². The van der Waals surface area contributed by atoms with Crippen LogP contribution in [0.3, 0.4) is 0 Å². The summed E-state index contributed by atoms with van der Waals surface area (Å²) in [5.74, 6) is 0.613. The number of halogens is 3. The van der Waals surface area contributed by atoms with Gasteiger partial charge in [0.15, 0.2) is 11.0 Å². The van der Waals surface area contributed by atoms with Crippen molar-refractivity contribution in [1.82, 2.24) is 10.2 Å². The monoisotopic (exact) mass is 331 g/mol. The van der Waals surface area contributed by atoms with Crippen LogP contribution in [0.4, 0.5) is 5.82 Å². The van der Waals surface area contributed by atoms with Gasteiger partial charge in [-0.2, -0.15) is 0 Å². The van der Waals surface area contributed by atoms with Gasteiger partial charge in [-0.15, -0.1) is 10.2 Å². The summed E-state index contributed by atoms with van der Waals surface area (Å²) in [7, 11) is 0. The van der Waals surface area contributed by atoms with Gasteiger partial charge in [0.1, 0.15) is 0 Å². The minimum atomic E-state index is -0.253. The topological polar surface area (TPSA) is 58.0 Å². The lowest BCUT2D eigenvalue weighted by Gasteiger charge is -2.15. The highest BCUT2D eigenvalue weighted by Gasteiger charge is 2.24. The first-order valence-electron chi connectivity index (χ1n) is 6.30. The second-order valence-electron chi connectivity index (χ2n) is 4.96. The second kappa shape index (κ2) is 5.53. The molecule has 7 heteroatoms. The van der Waals surface area contributed by atoms with Gasteiger partial charge in [-0.25, -0.2) is 0 Å². The van der Waals surface area contributed by atoms with Gasteiger partial charge in [-0.3, -0.25) is 0 Å². The van der Waals surface area contributed by atoms with Gasteiger partial charge in [0.2, 0.25) is 0 Å². The molecule has 1 aliphatic rings. The van der Waals surface area contributed by atoms with E-state index in [9.17, 15) is 5.11 Å². The summed E-state index contributed by atoms with van der Waals surface area (Å²) in [5, 5.41) is 23.5. The molecule has 1 fully saturated rings. The maximum absolute atomic E-state index is 9.58. The molecule has 3 rings (SSSR count). The van der Waals surface area contributed by atoms with Gasteiger partial charge in [0.05, 0.1) is 16.1 Å². The summed E-state index contributed by atoms with van der Waals surface area (Å²) in [4.78, 5) is 0. The molecule has 1 aromatic heterocycles. The summed E-state index contributed by atoms with van der Waals surface area (Å²) >= 11 is 18.1. The molecule has 2 aromatic rings. The largest absolute Gasteiger partial charge is 0.393 e. The molecule has 1 aliphatic carbocycles. The van der Waals surface area contributed by atoms with Crippen LogP contribution in [-0.4, -0.2) is 27.4 Å². The van der Waals surface area contributed by atoms with E-state index in [1.807, 2.05) is 0 Å². The minimum Gasteiger partial charge on any atom is -0.393 e. The van der Waals surface area contributed by atoms with Crippen molar-refractivity contribution in [3.63, 3.8) is 0 Å². The second-order valence-corrected chi connectivity index (χ2v) is 6.13. The molecular formula is C13H12Cl3N3O. The number of hydrogen-bond acceptors (Lipinski definition) is 4. The van der Waals surface area contributed by atoms with Crippen molar-refractivity contribution in [3.8, 4) is 0 Å². The summed E-state index contributed by atoms with van der Waals surface area (Å²) < 4.78 is 0. The lowest BCUT2D eigenvalue weighted by Crippen LogP contribution is -2.18. The van der Waals surface area contributed by atoms with Crippen molar-refractivity contribution in [1.29, 1.82) is 0 Å². The Morgan fingerprint density at radius 3 is 2.40 bits per heavy atom. The van der Waals surface area contributed by atoms with Crippen molar-refractivity contribution in [2.75, 3.05) is 5.32 Å². The standard InChI is InChI=1S/C13H12Cl3N3O/c14-10-4-8-9(5-11(10)15)13(19-18-12(8)16)17-6-1-2-7(20)3-6/h4-7,20H,1-3H2,(H,17,19). The molecule has 106 valence electrons. The van der Waals surface area contributed by atoms with Crippen LogP contribution >= 0.6 is 34.8 Å². The molecule has 0 amide bonds. The van der Waals surface area contributed by atoms with Crippen LogP contribution in [0.2, 0.25) is 15.2 Å². The molecule has 1 aromatic carbocycles. The Balaban J connectivity index is 2.02. The SMILES string of the molecule is OC1CCC(Nc2nnc(Cl)c3cc(Cl)c(Cl)cc23)C1. The van der Waals surface area contributed by atoms with E-state index in [0.29, 0.717) is 27.7 Å². The summed E-state index contributed by atoms with van der Waals surface area (Å²) in [6.07, 6.45) is 2.14. The van der Waals surface area contributed by atoms with Gasteiger partial charge in [0.25, 0.3) is 0 Å². The molecule has 2 N–H and O–H groups in total. The number of aliphatic hydroxyl groups excluding tert-OH is 1. The molecule has 20 heavy (non-hydrogen) atoms. The van der Waals surface area contributed by atoms with E-state index in [-0.39, 0.29) is 17.3 Å². The van der Waals surface area contributed by atoms with Crippen LogP contribution < -0.4 is 5.32 Å². The number of benzene rings is 1. The molecule has 0 aliphatic heterocycles. The maximum Gasteiger partial charge on any atom is 0.159 e. The third-order valence-corrected chi connectivity index (χ3v) is 4.52. The van der Waals surface area contributed by atoms with Crippen molar-refractivity contribution >= 4 is 51.4 Å². The third-order valence-electron chi connectivity index (χ3n) is 3.52. The molecule has 4 nitrogen and oxygen atoms in total. The fraction of sp³-hybridized carbons (Fsp3) is 0.385. The zero-order valence-electron chi connectivity index (χ0n) is 10.4. The highest BCUT2D eigenvalue weighted by Crippen LogP contribution is 2.34. The van der Waals surface area contributed by atoms with Crippen molar-refractivity contribution in [2.45, 2.75) is 31.4 Å². The Kier molecular flexibility index (Phi) is 3.91. The van der Waals surface area contributed by atoms with Crippen LogP contribution in [0, 0.1) is 0 Å². The number of nitrogens with zero attached hydrogens (tertiary/aromatic N) is 2. The molecule has 0 bridgehead atoms. The minimum absolute atomic E-state index is 0.179. The van der Waals surface area contributed by atoms with Crippen molar-refractivity contribution < 1.29 is 5.11 Å². The lowest BCUT2D eigenvalue weighted by molar-refractivity contribution is 0.182. The first kappa shape index (κ1) is 14.1. The number of rotatable bonds is 2. The lowest BCUT2D eigenvalue weighted by atomic mass is 10.1. The Hall–Kier alpha value is -0.810. The Morgan fingerprint density at radius 1 is 1.05 bits per heavy atom. The predicted octanol–water partition coefficient (Wildman–Crippen LogP) is 3.92. The van der Waals surface area contributed by atoms with E-state index >= 15 is 0 Å². The van der Waals surface area contributed by atoms with Crippen molar-refractivity contribution in [2.24, 2.45) is 0 Å². The van der Waals surface area contributed by atoms with Crippen LogP contribution in [0.1, 0.15) is 19.3 Å². The third kappa shape index (κ3) is 2.66. The van der Waals surface area contributed by atoms with Gasteiger partial charge < -0.3 is 10.4 Å². The summed E-state index contributed by atoms with van der Waals surface area (Å²) in [5.41, 5.74) is 0. The first-order valence-corrected chi connectivity index (χ1v) is 7.43. The first-order chi connectivity index (χ1) is 9.54. The Bertz CT molecular complexity index is 665. The van der Waals surface area contributed by atoms with E-state index in [0.717, 1.165) is 18.2 Å². The summed E-state index contributed by atoms with van der Waals surface area (Å²) in [6.45, 7) is 0. The molecule has 0 spiro atoms. The number of aliphatic hydroxyl groups is 1. The van der Waals surface area contributed by atoms with Crippen LogP contribution in [0.5, 0.6) is 0 Å². The zero-order chi connectivity index (χ0) is 14.3. The fourth-order valence-corrected chi connectivity index (χ4v) is 3.03. The summed E-state index contributed by atoms with van der Waals surface area (Å²) in [6, 6.07) is 3.59. The number of hydrogen-bond donors (Lipinski definition) is 2. The Labute approximate surface area is 131 Å². The Morgan fingerprint density at radius 2 is 1.75 bits per heavy atom. The number of anilines is 1. The average molecular weight is 333 g/mol. The molecule has 2 unspecified atom stereocenters. The quantitative estimate of drug-likeness (QED) is 0.875. The van der Waals surface area contributed by atoms with Crippen LogP contribution in [0.25, 0.3) is 10.8 Å². The molecule has 0 radical (unpaired) electrons. The number of aromatic nitrogens is 2. The smallest absolute Gasteiger partial charge is 0.159 e. The molecule has 1 heterocycles. The van der Waals surface area contributed by atoms with Gasteiger partial charge in [-0.1, -0.05) is 34.8 Å². The predicted molar refractivity (Wildman–Crippen MR) is 81.8 cm³/mol. The number of fused-ring (bicyclic) bond motifs is 1. The van der Waals surface area contributed by atoms with E-state index < -0.39 is 0 Å². The van der Waals surface area contributed by atoms with E-state index in [1.54, 1.807) is 12.1 Å². The highest BCUT2D eigenvalue weighted by atomic mass is 35.5. The van der Waals surface area contributed by atoms with Crippen LogP contribution in [-0.2, 0) is 0 Å². The van der Waals surface area contributed by atoms with Gasteiger partial charge in [-0.05, 0) is 31.4 Å². The molecule has 1 saturated carbocycles. The fourth-order valence-electron chi connectivity index (χ4n) is 2.50. The molecular weight excluding hydrogens is 321 g/mol. The average Bonchev–Trinajstić information content (AvgIpc) is 2.81. The van der Waals surface area contributed by atoms with Crippen LogP contribution in [0.15, 0.2) is 12.1 Å². The molecule has 2 atom stereocenters. The number of nitrogens with one attached hydrogen (secondary N) is 1. The zero-order valence-corrected chi connectivity index (χ0v) is 12.7. The van der Waals surface area contributed by atoms with E-state index in [2.05, 4.69) is 15.5 Å². The van der Waals surface area contributed by atoms with Gasteiger partial charge in [0, 0.05) is 16.8 Å². The maximum atomic E-state index is 9.58. The van der Waals surface area contributed by atoms with Gasteiger partial charge >= 0.3 is 0 Å². The molecule has 0 saturated heterocycles. The van der Waals surface area contributed by atoms with E-state index in [4.69, 9.17) is 34.8 Å².